The molecule has 18 heavy (non-hydrogen) atoms. The third-order valence-corrected chi connectivity index (χ3v) is 3.19. The minimum Gasteiger partial charge on any atom is -0.488 e. The summed E-state index contributed by atoms with van der Waals surface area (Å²) < 4.78 is 19.4. The van der Waals surface area contributed by atoms with Gasteiger partial charge in [-0.05, 0) is 51.9 Å². The molecule has 1 rings (SSSR count). The van der Waals surface area contributed by atoms with Crippen molar-refractivity contribution in [3.8, 4) is 5.75 Å². The Labute approximate surface area is 110 Å². The van der Waals surface area contributed by atoms with Crippen LogP contribution < -0.4 is 10.1 Å². The smallest absolute Gasteiger partial charge is 0.125 e. The second kappa shape index (κ2) is 6.19. The fraction of sp³-hybridized carbons (Fsp3) is 0.600. The van der Waals surface area contributed by atoms with Crippen LogP contribution in [0.3, 0.4) is 0 Å². The molecule has 0 bridgehead atoms. The van der Waals surface area contributed by atoms with Crippen molar-refractivity contribution < 1.29 is 9.13 Å². The van der Waals surface area contributed by atoms with Crippen molar-refractivity contribution >= 4 is 0 Å². The number of benzene rings is 1. The lowest BCUT2D eigenvalue weighted by Gasteiger charge is -2.28. The molecule has 1 aromatic carbocycles. The van der Waals surface area contributed by atoms with Gasteiger partial charge in [-0.25, -0.2) is 4.39 Å². The maximum Gasteiger partial charge on any atom is 0.125 e. The highest BCUT2D eigenvalue weighted by Gasteiger charge is 2.20. The Morgan fingerprint density at radius 2 is 2.00 bits per heavy atom. The predicted molar refractivity (Wildman–Crippen MR) is 73.5 cm³/mol. The summed E-state index contributed by atoms with van der Waals surface area (Å²) in [6.07, 6.45) is 0.902. The standard InChI is InChI=1S/C15H24FNO/c1-6-15(4,5)18-14-9-8-12(16)10-13(14)11(3)17-7-2/h8-11,17H,6-7H2,1-5H3. The van der Waals surface area contributed by atoms with E-state index in [1.165, 1.54) is 6.07 Å². The van der Waals surface area contributed by atoms with E-state index in [9.17, 15) is 4.39 Å². The highest BCUT2D eigenvalue weighted by molar-refractivity contribution is 5.36. The highest BCUT2D eigenvalue weighted by atomic mass is 19.1. The van der Waals surface area contributed by atoms with Gasteiger partial charge < -0.3 is 10.1 Å². The molecule has 0 heterocycles. The van der Waals surface area contributed by atoms with Crippen LogP contribution in [-0.4, -0.2) is 12.1 Å². The first-order chi connectivity index (χ1) is 8.39. The number of hydrogen-bond donors (Lipinski definition) is 1. The minimum absolute atomic E-state index is 0.0772. The van der Waals surface area contributed by atoms with E-state index in [4.69, 9.17) is 4.74 Å². The molecule has 2 nitrogen and oxygen atoms in total. The second-order valence-electron chi connectivity index (χ2n) is 5.18. The first-order valence-corrected chi connectivity index (χ1v) is 6.61. The molecule has 0 aliphatic rings. The van der Waals surface area contributed by atoms with Crippen LogP contribution >= 0.6 is 0 Å². The molecule has 0 saturated carbocycles. The van der Waals surface area contributed by atoms with E-state index >= 15 is 0 Å². The molecule has 0 radical (unpaired) electrons. The van der Waals surface area contributed by atoms with Gasteiger partial charge in [0.15, 0.2) is 0 Å². The second-order valence-corrected chi connectivity index (χ2v) is 5.18. The van der Waals surface area contributed by atoms with Crippen molar-refractivity contribution in [1.29, 1.82) is 0 Å². The van der Waals surface area contributed by atoms with Crippen LogP contribution in [0.1, 0.15) is 52.6 Å². The van der Waals surface area contributed by atoms with E-state index in [2.05, 4.69) is 12.2 Å². The molecule has 3 heteroatoms. The molecule has 0 fully saturated rings. The molecule has 1 atom stereocenters. The molecule has 1 aromatic rings. The van der Waals surface area contributed by atoms with Crippen molar-refractivity contribution in [2.45, 2.75) is 52.7 Å². The van der Waals surface area contributed by atoms with Gasteiger partial charge in [0.1, 0.15) is 17.2 Å². The number of ether oxygens (including phenoxy) is 1. The maximum absolute atomic E-state index is 13.4. The zero-order valence-electron chi connectivity index (χ0n) is 12.0. The zero-order chi connectivity index (χ0) is 13.8. The SMILES string of the molecule is CCNC(C)c1cc(F)ccc1OC(C)(C)CC. The summed E-state index contributed by atoms with van der Waals surface area (Å²) in [6, 6.07) is 4.79. The minimum atomic E-state index is -0.238. The molecule has 1 N–H and O–H groups in total. The summed E-state index contributed by atoms with van der Waals surface area (Å²) in [5, 5.41) is 3.29. The van der Waals surface area contributed by atoms with E-state index in [0.717, 1.165) is 24.3 Å². The molecular formula is C15H24FNO. The Bertz CT molecular complexity index is 390. The van der Waals surface area contributed by atoms with Gasteiger partial charge in [-0.3, -0.25) is 0 Å². The molecule has 0 aliphatic carbocycles. The van der Waals surface area contributed by atoms with Crippen LogP contribution in [0, 0.1) is 5.82 Å². The van der Waals surface area contributed by atoms with Gasteiger partial charge in [-0.15, -0.1) is 0 Å². The van der Waals surface area contributed by atoms with Gasteiger partial charge in [0.05, 0.1) is 0 Å². The molecule has 102 valence electrons. The molecule has 0 aliphatic heterocycles. The lowest BCUT2D eigenvalue weighted by Crippen LogP contribution is -2.28. The summed E-state index contributed by atoms with van der Waals surface area (Å²) in [5.41, 5.74) is 0.636. The number of halogens is 1. The lowest BCUT2D eigenvalue weighted by molar-refractivity contribution is 0.103. The van der Waals surface area contributed by atoms with Gasteiger partial charge >= 0.3 is 0 Å². The monoisotopic (exact) mass is 253 g/mol. The van der Waals surface area contributed by atoms with Crippen molar-refractivity contribution in [2.24, 2.45) is 0 Å². The molecule has 0 aromatic heterocycles. The van der Waals surface area contributed by atoms with Crippen LogP contribution in [0.15, 0.2) is 18.2 Å². The van der Waals surface area contributed by atoms with Crippen LogP contribution in [0.2, 0.25) is 0 Å². The highest BCUT2D eigenvalue weighted by Crippen LogP contribution is 2.30. The largest absolute Gasteiger partial charge is 0.488 e. The first-order valence-electron chi connectivity index (χ1n) is 6.61. The Balaban J connectivity index is 3.03. The first kappa shape index (κ1) is 15.0. The van der Waals surface area contributed by atoms with E-state index < -0.39 is 0 Å². The van der Waals surface area contributed by atoms with E-state index in [-0.39, 0.29) is 17.5 Å². The van der Waals surface area contributed by atoms with E-state index in [0.29, 0.717) is 0 Å². The molecule has 0 spiro atoms. The predicted octanol–water partition coefficient (Wildman–Crippen LogP) is 4.06. The Hall–Kier alpha value is -1.09. The third-order valence-electron chi connectivity index (χ3n) is 3.19. The Morgan fingerprint density at radius 1 is 1.33 bits per heavy atom. The average molecular weight is 253 g/mol. The van der Waals surface area contributed by atoms with E-state index in [1.54, 1.807) is 12.1 Å². The van der Waals surface area contributed by atoms with Crippen LogP contribution in [-0.2, 0) is 0 Å². The molecule has 0 saturated heterocycles. The Morgan fingerprint density at radius 3 is 2.56 bits per heavy atom. The molecule has 0 amide bonds. The van der Waals surface area contributed by atoms with Gasteiger partial charge in [0, 0.05) is 11.6 Å². The summed E-state index contributed by atoms with van der Waals surface area (Å²) in [6.45, 7) is 11.1. The number of nitrogens with one attached hydrogen (secondary N) is 1. The molecular weight excluding hydrogens is 229 g/mol. The van der Waals surface area contributed by atoms with Crippen molar-refractivity contribution in [2.75, 3.05) is 6.54 Å². The third kappa shape index (κ3) is 3.98. The van der Waals surface area contributed by atoms with Crippen molar-refractivity contribution in [3.05, 3.63) is 29.6 Å². The normalized spacial score (nSPS) is 13.4. The fourth-order valence-corrected chi connectivity index (χ4v) is 1.74. The topological polar surface area (TPSA) is 21.3 Å². The molecule has 1 unspecified atom stereocenters. The number of rotatable bonds is 6. The fourth-order valence-electron chi connectivity index (χ4n) is 1.74. The van der Waals surface area contributed by atoms with Crippen LogP contribution in [0.25, 0.3) is 0 Å². The van der Waals surface area contributed by atoms with E-state index in [1.807, 2.05) is 27.7 Å². The van der Waals surface area contributed by atoms with Crippen molar-refractivity contribution in [3.63, 3.8) is 0 Å². The lowest BCUT2D eigenvalue weighted by atomic mass is 10.0. The van der Waals surface area contributed by atoms with Gasteiger partial charge in [0.2, 0.25) is 0 Å². The quantitative estimate of drug-likeness (QED) is 0.825. The van der Waals surface area contributed by atoms with Crippen LogP contribution in [0.4, 0.5) is 4.39 Å². The number of hydrogen-bond acceptors (Lipinski definition) is 2. The average Bonchev–Trinajstić information content (AvgIpc) is 2.31. The van der Waals surface area contributed by atoms with Crippen LogP contribution in [0.5, 0.6) is 5.75 Å². The van der Waals surface area contributed by atoms with Gasteiger partial charge in [0.25, 0.3) is 0 Å². The summed E-state index contributed by atoms with van der Waals surface area (Å²) in [7, 11) is 0. The Kier molecular flexibility index (Phi) is 5.15. The van der Waals surface area contributed by atoms with Gasteiger partial charge in [-0.2, -0.15) is 0 Å². The summed E-state index contributed by atoms with van der Waals surface area (Å²) in [4.78, 5) is 0. The van der Waals surface area contributed by atoms with Crippen molar-refractivity contribution in [1.82, 2.24) is 5.32 Å². The van der Waals surface area contributed by atoms with Gasteiger partial charge in [-0.1, -0.05) is 13.8 Å². The summed E-state index contributed by atoms with van der Waals surface area (Å²) in [5.74, 6) is 0.535. The zero-order valence-corrected chi connectivity index (χ0v) is 12.0. The summed E-state index contributed by atoms with van der Waals surface area (Å²) >= 11 is 0. The maximum atomic E-state index is 13.4.